The van der Waals surface area contributed by atoms with Gasteiger partial charge in [-0.1, -0.05) is 13.0 Å². The summed E-state index contributed by atoms with van der Waals surface area (Å²) in [5.41, 5.74) is 0.889. The molecule has 0 saturated carbocycles. The van der Waals surface area contributed by atoms with E-state index in [0.717, 1.165) is 17.1 Å². The highest BCUT2D eigenvalue weighted by atomic mass is 32.2. The van der Waals surface area contributed by atoms with Gasteiger partial charge in [-0.3, -0.25) is 0 Å². The van der Waals surface area contributed by atoms with Crippen LogP contribution in [-0.4, -0.2) is 16.9 Å². The average Bonchev–Trinajstić information content (AvgIpc) is 2.04. The molecule has 0 aliphatic carbocycles. The van der Waals surface area contributed by atoms with Crippen LogP contribution in [0.15, 0.2) is 23.1 Å². The van der Waals surface area contributed by atoms with E-state index in [1.54, 1.807) is 17.8 Å². The zero-order valence-electron chi connectivity index (χ0n) is 6.87. The van der Waals surface area contributed by atoms with Crippen LogP contribution >= 0.6 is 11.8 Å². The lowest BCUT2D eigenvalue weighted by molar-refractivity contribution is 0.475. The van der Waals surface area contributed by atoms with E-state index in [4.69, 9.17) is 0 Å². The van der Waals surface area contributed by atoms with Gasteiger partial charge in [-0.05, 0) is 12.1 Å². The number of fused-ring (bicyclic) bond motifs is 1. The third kappa shape index (κ3) is 1.25. The van der Waals surface area contributed by atoms with Crippen molar-refractivity contribution in [3.8, 4) is 5.75 Å². The molecular weight excluding hydrogens is 170 g/mol. The molecule has 0 saturated heterocycles. The normalized spacial score (nSPS) is 21.2. The minimum Gasteiger partial charge on any atom is -0.506 e. The number of nitrogens with one attached hydrogen (secondary N) is 1. The van der Waals surface area contributed by atoms with Gasteiger partial charge in [0.25, 0.3) is 0 Å². The molecule has 0 bridgehead atoms. The van der Waals surface area contributed by atoms with Crippen LogP contribution in [0.5, 0.6) is 5.75 Å². The summed E-state index contributed by atoms with van der Waals surface area (Å²) in [5, 5.41) is 13.3. The number of phenols is 1. The Hall–Kier alpha value is -0.830. The van der Waals surface area contributed by atoms with Crippen molar-refractivity contribution in [3.63, 3.8) is 0 Å². The van der Waals surface area contributed by atoms with Crippen LogP contribution in [0.25, 0.3) is 0 Å². The first-order valence-corrected chi connectivity index (χ1v) is 4.88. The fraction of sp³-hybridized carbons (Fsp3) is 0.333. The molecule has 1 aliphatic heterocycles. The minimum atomic E-state index is 0.354. The lowest BCUT2D eigenvalue weighted by Gasteiger charge is -2.23. The summed E-state index contributed by atoms with van der Waals surface area (Å²) in [7, 11) is 0. The maximum Gasteiger partial charge on any atom is 0.139 e. The van der Waals surface area contributed by atoms with Crippen molar-refractivity contribution < 1.29 is 5.11 Å². The number of rotatable bonds is 0. The lowest BCUT2D eigenvalue weighted by atomic mass is 10.3. The van der Waals surface area contributed by atoms with E-state index in [1.807, 2.05) is 12.1 Å². The van der Waals surface area contributed by atoms with Crippen LogP contribution < -0.4 is 5.32 Å². The predicted octanol–water partition coefficient (Wildman–Crippen LogP) is 2.30. The highest BCUT2D eigenvalue weighted by molar-refractivity contribution is 8.00. The highest BCUT2D eigenvalue weighted by Crippen LogP contribution is 2.39. The summed E-state index contributed by atoms with van der Waals surface area (Å²) < 4.78 is 0. The van der Waals surface area contributed by atoms with Gasteiger partial charge in [0.15, 0.2) is 0 Å². The van der Waals surface area contributed by atoms with Crippen LogP contribution in [0.1, 0.15) is 6.92 Å². The van der Waals surface area contributed by atoms with Crippen molar-refractivity contribution in [3.05, 3.63) is 18.2 Å². The van der Waals surface area contributed by atoms with Gasteiger partial charge in [-0.25, -0.2) is 0 Å². The summed E-state index contributed by atoms with van der Waals surface area (Å²) in [6, 6.07) is 5.62. The molecule has 3 heteroatoms. The Morgan fingerprint density at radius 2 is 2.42 bits per heavy atom. The molecule has 12 heavy (non-hydrogen) atoms. The van der Waals surface area contributed by atoms with Crippen LogP contribution in [-0.2, 0) is 0 Å². The summed E-state index contributed by atoms with van der Waals surface area (Å²) in [4.78, 5) is 1.15. The number of aromatic hydroxyl groups is 1. The molecule has 2 nitrogen and oxygen atoms in total. The second kappa shape index (κ2) is 2.90. The van der Waals surface area contributed by atoms with Gasteiger partial charge in [0.2, 0.25) is 0 Å². The molecule has 1 heterocycles. The van der Waals surface area contributed by atoms with E-state index in [1.165, 1.54) is 0 Å². The van der Waals surface area contributed by atoms with Gasteiger partial charge in [0, 0.05) is 16.7 Å². The molecule has 0 spiro atoms. The van der Waals surface area contributed by atoms with E-state index in [-0.39, 0.29) is 0 Å². The fourth-order valence-electron chi connectivity index (χ4n) is 1.30. The molecule has 0 radical (unpaired) electrons. The summed E-state index contributed by atoms with van der Waals surface area (Å²) in [6.45, 7) is 3.10. The largest absolute Gasteiger partial charge is 0.506 e. The molecule has 1 aromatic rings. The van der Waals surface area contributed by atoms with E-state index in [0.29, 0.717) is 11.0 Å². The van der Waals surface area contributed by atoms with Crippen LogP contribution in [0.3, 0.4) is 0 Å². The Morgan fingerprint density at radius 1 is 1.58 bits per heavy atom. The van der Waals surface area contributed by atoms with Crippen molar-refractivity contribution >= 4 is 17.4 Å². The first-order chi connectivity index (χ1) is 5.77. The van der Waals surface area contributed by atoms with E-state index in [2.05, 4.69) is 12.2 Å². The van der Waals surface area contributed by atoms with Gasteiger partial charge in [0.05, 0.1) is 5.69 Å². The summed E-state index contributed by atoms with van der Waals surface area (Å²) >= 11 is 1.80. The quantitative estimate of drug-likeness (QED) is 0.602. The van der Waals surface area contributed by atoms with Gasteiger partial charge < -0.3 is 10.4 Å². The molecule has 0 amide bonds. The molecule has 2 rings (SSSR count). The van der Waals surface area contributed by atoms with E-state index in [9.17, 15) is 5.11 Å². The lowest BCUT2D eigenvalue weighted by Crippen LogP contribution is -2.18. The zero-order chi connectivity index (χ0) is 8.55. The molecule has 1 aromatic carbocycles. The number of thioether (sulfide) groups is 1. The first kappa shape index (κ1) is 7.80. The Labute approximate surface area is 76.0 Å². The third-order valence-corrected chi connectivity index (χ3v) is 3.06. The SMILES string of the molecule is CC1CNc2c(O)cccc2S1. The number of phenolic OH excluding ortho intramolecular Hbond substituents is 1. The van der Waals surface area contributed by atoms with Gasteiger partial charge in [0.1, 0.15) is 5.75 Å². The minimum absolute atomic E-state index is 0.354. The van der Waals surface area contributed by atoms with Crippen molar-refractivity contribution in [2.75, 3.05) is 11.9 Å². The number of hydrogen-bond donors (Lipinski definition) is 2. The van der Waals surface area contributed by atoms with Crippen LogP contribution in [0.2, 0.25) is 0 Å². The zero-order valence-corrected chi connectivity index (χ0v) is 7.69. The van der Waals surface area contributed by atoms with Crippen molar-refractivity contribution in [1.29, 1.82) is 0 Å². The molecular formula is C9H11NOS. The van der Waals surface area contributed by atoms with Gasteiger partial charge >= 0.3 is 0 Å². The molecule has 1 atom stereocenters. The highest BCUT2D eigenvalue weighted by Gasteiger charge is 2.16. The smallest absolute Gasteiger partial charge is 0.139 e. The Kier molecular flexibility index (Phi) is 1.89. The maximum absolute atomic E-state index is 9.47. The Balaban J connectivity index is 2.42. The number of hydrogen-bond acceptors (Lipinski definition) is 3. The molecule has 1 aliphatic rings. The average molecular weight is 181 g/mol. The predicted molar refractivity (Wildman–Crippen MR) is 51.9 cm³/mol. The van der Waals surface area contributed by atoms with Crippen molar-refractivity contribution in [1.82, 2.24) is 0 Å². The first-order valence-electron chi connectivity index (χ1n) is 4.00. The molecule has 2 N–H and O–H groups in total. The summed E-state index contributed by atoms with van der Waals surface area (Å²) in [5.74, 6) is 0.354. The Morgan fingerprint density at radius 3 is 3.25 bits per heavy atom. The number of para-hydroxylation sites is 1. The topological polar surface area (TPSA) is 32.3 Å². The molecule has 0 aromatic heterocycles. The maximum atomic E-state index is 9.47. The second-order valence-corrected chi connectivity index (χ2v) is 4.44. The molecule has 0 fully saturated rings. The van der Waals surface area contributed by atoms with E-state index < -0.39 is 0 Å². The Bertz CT molecular complexity index is 301. The van der Waals surface area contributed by atoms with Crippen LogP contribution in [0, 0.1) is 0 Å². The number of benzene rings is 1. The molecule has 1 unspecified atom stereocenters. The fourth-order valence-corrected chi connectivity index (χ4v) is 2.35. The van der Waals surface area contributed by atoms with Gasteiger partial charge in [-0.15, -0.1) is 11.8 Å². The molecule has 64 valence electrons. The van der Waals surface area contributed by atoms with Crippen LogP contribution in [0.4, 0.5) is 5.69 Å². The van der Waals surface area contributed by atoms with Crippen molar-refractivity contribution in [2.24, 2.45) is 0 Å². The monoisotopic (exact) mass is 181 g/mol. The van der Waals surface area contributed by atoms with E-state index >= 15 is 0 Å². The summed E-state index contributed by atoms with van der Waals surface area (Å²) in [6.07, 6.45) is 0. The van der Waals surface area contributed by atoms with Gasteiger partial charge in [-0.2, -0.15) is 0 Å². The standard InChI is InChI=1S/C9H11NOS/c1-6-5-10-9-7(11)3-2-4-8(9)12-6/h2-4,6,10-11H,5H2,1H3. The number of anilines is 1. The third-order valence-electron chi connectivity index (χ3n) is 1.90. The second-order valence-electron chi connectivity index (χ2n) is 2.96. The van der Waals surface area contributed by atoms with Crippen molar-refractivity contribution in [2.45, 2.75) is 17.1 Å².